The summed E-state index contributed by atoms with van der Waals surface area (Å²) in [6.45, 7) is 1.91. The number of hydrogen-bond donors (Lipinski definition) is 0. The highest BCUT2D eigenvalue weighted by Gasteiger charge is 2.57. The van der Waals surface area contributed by atoms with E-state index in [1.165, 1.54) is 5.56 Å². The number of benzene rings is 2. The number of cyclic esters (lactones) is 2. The van der Waals surface area contributed by atoms with E-state index >= 15 is 0 Å². The molecule has 0 radical (unpaired) electrons. The van der Waals surface area contributed by atoms with Crippen LogP contribution in [-0.4, -0.2) is 42.1 Å². The third kappa shape index (κ3) is 4.44. The van der Waals surface area contributed by atoms with E-state index in [4.69, 9.17) is 19.1 Å². The minimum atomic E-state index is -1.34. The number of esters is 1. The molecule has 2 aromatic rings. The molecule has 1 saturated heterocycles. The van der Waals surface area contributed by atoms with Gasteiger partial charge >= 0.3 is 12.1 Å². The quantitative estimate of drug-likeness (QED) is 0.393. The third-order valence-corrected chi connectivity index (χ3v) is 5.86. The molecule has 33 heavy (non-hydrogen) atoms. The molecule has 2 aliphatic heterocycles. The lowest BCUT2D eigenvalue weighted by Gasteiger charge is -2.33. The van der Waals surface area contributed by atoms with Crippen LogP contribution in [0.2, 0.25) is 0 Å². The van der Waals surface area contributed by atoms with E-state index in [1.807, 2.05) is 43.3 Å². The van der Waals surface area contributed by atoms with Crippen molar-refractivity contribution in [3.8, 4) is 0 Å². The molecular formula is C25H28N2O6. The fraction of sp³-hybridized carbons (Fsp3) is 0.360. The van der Waals surface area contributed by atoms with E-state index in [2.05, 4.69) is 12.1 Å². The zero-order chi connectivity index (χ0) is 23.3. The molecule has 0 spiro atoms. The molecule has 2 atom stereocenters. The first-order valence-corrected chi connectivity index (χ1v) is 11.1. The van der Waals surface area contributed by atoms with E-state index in [0.717, 1.165) is 11.5 Å². The van der Waals surface area contributed by atoms with Crippen molar-refractivity contribution >= 4 is 12.1 Å². The molecule has 8 nitrogen and oxygen atoms in total. The Bertz CT molecular complexity index is 996. The second kappa shape index (κ2) is 10.1. The van der Waals surface area contributed by atoms with Crippen LogP contribution in [0, 0.1) is 0 Å². The summed E-state index contributed by atoms with van der Waals surface area (Å²) >= 11 is 0. The summed E-state index contributed by atoms with van der Waals surface area (Å²) in [6.07, 6.45) is 2.93. The number of nitrogens with zero attached hydrogens (tertiary/aromatic N) is 2. The zero-order valence-electron chi connectivity index (χ0n) is 18.8. The Morgan fingerprint density at radius 1 is 1.03 bits per heavy atom. The number of hydrogen-bond acceptors (Lipinski definition) is 7. The maximum Gasteiger partial charge on any atom is 0.443 e. The lowest BCUT2D eigenvalue weighted by Crippen LogP contribution is -2.47. The largest absolute Gasteiger partial charge is 0.474 e. The molecule has 2 aliphatic rings. The van der Waals surface area contributed by atoms with Gasteiger partial charge in [-0.05, 0) is 24.0 Å². The van der Waals surface area contributed by atoms with Gasteiger partial charge in [-0.3, -0.25) is 9.68 Å². The van der Waals surface area contributed by atoms with Gasteiger partial charge in [-0.1, -0.05) is 74.0 Å². The average Bonchev–Trinajstić information content (AvgIpc) is 3.35. The van der Waals surface area contributed by atoms with Crippen LogP contribution in [0.3, 0.4) is 0 Å². The number of carbonyl (C=O) groups excluding carboxylic acids is 2. The second-order valence-electron chi connectivity index (χ2n) is 7.93. The van der Waals surface area contributed by atoms with E-state index < -0.39 is 17.6 Å². The topological polar surface area (TPSA) is 77.5 Å². The first-order chi connectivity index (χ1) is 16.1. The third-order valence-electron chi connectivity index (χ3n) is 5.86. The van der Waals surface area contributed by atoms with Gasteiger partial charge in [-0.2, -0.15) is 5.06 Å². The van der Waals surface area contributed by atoms with Crippen LogP contribution >= 0.6 is 0 Å². The van der Waals surface area contributed by atoms with Crippen LogP contribution in [0.25, 0.3) is 0 Å². The number of aryl methyl sites for hydroxylation is 1. The van der Waals surface area contributed by atoms with Crippen molar-refractivity contribution in [1.82, 2.24) is 10.1 Å². The van der Waals surface area contributed by atoms with E-state index in [1.54, 1.807) is 30.6 Å². The minimum absolute atomic E-state index is 0.0314. The van der Waals surface area contributed by atoms with Gasteiger partial charge in [-0.25, -0.2) is 14.7 Å². The van der Waals surface area contributed by atoms with Gasteiger partial charge < -0.3 is 9.47 Å². The molecule has 2 aromatic carbocycles. The maximum atomic E-state index is 12.9. The zero-order valence-corrected chi connectivity index (χ0v) is 18.8. The number of amides is 1. The summed E-state index contributed by atoms with van der Waals surface area (Å²) in [5.41, 5.74) is 1.11. The highest BCUT2D eigenvalue weighted by Crippen LogP contribution is 2.40. The molecule has 0 saturated carbocycles. The van der Waals surface area contributed by atoms with E-state index in [-0.39, 0.29) is 12.8 Å². The summed E-state index contributed by atoms with van der Waals surface area (Å²) in [5.74, 6) is -0.637. The molecule has 1 amide bonds. The molecule has 2 unspecified atom stereocenters. The summed E-state index contributed by atoms with van der Waals surface area (Å²) in [4.78, 5) is 36.9. The summed E-state index contributed by atoms with van der Waals surface area (Å²) < 4.78 is 10.8. The Kier molecular flexibility index (Phi) is 6.96. The highest BCUT2D eigenvalue weighted by atomic mass is 16.8. The number of rotatable bonds is 10. The molecule has 8 heteroatoms. The SMILES string of the molecule is CCCC1(c2ccccc2)C(=O)OC(=O)N1OCC1=COC(CCc2ccccc2)N1OC. The first-order valence-electron chi connectivity index (χ1n) is 11.1. The fourth-order valence-electron chi connectivity index (χ4n) is 4.30. The van der Waals surface area contributed by atoms with Gasteiger partial charge in [0.25, 0.3) is 0 Å². The maximum absolute atomic E-state index is 12.9. The Morgan fingerprint density at radius 2 is 1.73 bits per heavy atom. The molecular weight excluding hydrogens is 424 g/mol. The molecule has 2 heterocycles. The van der Waals surface area contributed by atoms with Crippen LogP contribution < -0.4 is 0 Å². The van der Waals surface area contributed by atoms with Crippen LogP contribution in [0.15, 0.2) is 72.6 Å². The molecule has 0 bridgehead atoms. The van der Waals surface area contributed by atoms with Crippen molar-refractivity contribution in [1.29, 1.82) is 0 Å². The van der Waals surface area contributed by atoms with Gasteiger partial charge in [0.2, 0.25) is 0 Å². The van der Waals surface area contributed by atoms with Crippen molar-refractivity contribution in [2.45, 2.75) is 44.4 Å². The highest BCUT2D eigenvalue weighted by molar-refractivity contribution is 5.98. The van der Waals surface area contributed by atoms with Gasteiger partial charge in [-0.15, -0.1) is 0 Å². The summed E-state index contributed by atoms with van der Waals surface area (Å²) in [6, 6.07) is 19.2. The predicted molar refractivity (Wildman–Crippen MR) is 119 cm³/mol. The second-order valence-corrected chi connectivity index (χ2v) is 7.93. The van der Waals surface area contributed by atoms with Crippen molar-refractivity contribution in [2.75, 3.05) is 13.7 Å². The Morgan fingerprint density at radius 3 is 2.39 bits per heavy atom. The van der Waals surface area contributed by atoms with Gasteiger partial charge in [0, 0.05) is 6.42 Å². The lowest BCUT2D eigenvalue weighted by atomic mass is 9.86. The Labute approximate surface area is 193 Å². The molecule has 4 rings (SSSR count). The van der Waals surface area contributed by atoms with Crippen LogP contribution in [0.4, 0.5) is 4.79 Å². The van der Waals surface area contributed by atoms with Crippen molar-refractivity contribution in [2.24, 2.45) is 0 Å². The standard InChI is InChI=1S/C25H28N2O6/c1-3-16-25(20-12-8-5-9-13-20)23(28)33-24(29)27(25)32-18-21-17-31-22(26(21)30-2)15-14-19-10-6-4-7-11-19/h4-13,17,22H,3,14-16,18H2,1-2H3. The fourth-order valence-corrected chi connectivity index (χ4v) is 4.30. The van der Waals surface area contributed by atoms with Crippen molar-refractivity contribution in [3.05, 3.63) is 83.7 Å². The van der Waals surface area contributed by atoms with Gasteiger partial charge in [0.1, 0.15) is 18.6 Å². The lowest BCUT2D eigenvalue weighted by molar-refractivity contribution is -0.203. The predicted octanol–water partition coefficient (Wildman–Crippen LogP) is 4.29. The van der Waals surface area contributed by atoms with Crippen LogP contribution in [0.1, 0.15) is 37.3 Å². The van der Waals surface area contributed by atoms with Crippen LogP contribution in [0.5, 0.6) is 0 Å². The minimum Gasteiger partial charge on any atom is -0.474 e. The Hall–Kier alpha value is -3.36. The van der Waals surface area contributed by atoms with E-state index in [9.17, 15) is 9.59 Å². The smallest absolute Gasteiger partial charge is 0.443 e. The van der Waals surface area contributed by atoms with Crippen LogP contribution in [-0.2, 0) is 35.9 Å². The van der Waals surface area contributed by atoms with Crippen molar-refractivity contribution in [3.63, 3.8) is 0 Å². The molecule has 1 fully saturated rings. The monoisotopic (exact) mass is 452 g/mol. The molecule has 0 aliphatic carbocycles. The summed E-state index contributed by atoms with van der Waals surface area (Å²) in [7, 11) is 1.55. The number of ether oxygens (including phenoxy) is 2. The van der Waals surface area contributed by atoms with Crippen molar-refractivity contribution < 1.29 is 28.7 Å². The number of carbonyl (C=O) groups is 2. The average molecular weight is 453 g/mol. The molecule has 174 valence electrons. The van der Waals surface area contributed by atoms with Gasteiger partial charge in [0.05, 0.1) is 7.11 Å². The Balaban J connectivity index is 1.46. The first kappa shape index (κ1) is 22.8. The van der Waals surface area contributed by atoms with E-state index in [0.29, 0.717) is 30.5 Å². The molecule has 0 aromatic heterocycles. The summed E-state index contributed by atoms with van der Waals surface area (Å²) in [5, 5.41) is 2.68. The van der Waals surface area contributed by atoms with Gasteiger partial charge in [0.15, 0.2) is 11.8 Å². The normalized spacial score (nSPS) is 22.4. The molecule has 0 N–H and O–H groups in total. The number of hydroxylamine groups is 4.